The number of hydrogen-bond donors (Lipinski definition) is 0. The third-order valence-corrected chi connectivity index (χ3v) is 3.42. The van der Waals surface area contributed by atoms with Gasteiger partial charge in [0.1, 0.15) is 5.75 Å². The molecule has 0 spiro atoms. The first-order chi connectivity index (χ1) is 9.58. The van der Waals surface area contributed by atoms with Crippen molar-refractivity contribution in [2.24, 2.45) is 11.8 Å². The zero-order chi connectivity index (χ0) is 14.7. The van der Waals surface area contributed by atoms with Crippen LogP contribution in [0.2, 0.25) is 0 Å². The Morgan fingerprint density at radius 1 is 1.30 bits per heavy atom. The van der Waals surface area contributed by atoms with E-state index in [0.717, 1.165) is 11.3 Å². The van der Waals surface area contributed by atoms with Crippen molar-refractivity contribution in [3.8, 4) is 5.75 Å². The second-order valence-corrected chi connectivity index (χ2v) is 4.49. The molecular formula is C15H16O5. The van der Waals surface area contributed by atoms with E-state index in [0.29, 0.717) is 5.57 Å². The maximum absolute atomic E-state index is 11.7. The molecular weight excluding hydrogens is 260 g/mol. The van der Waals surface area contributed by atoms with Crippen LogP contribution in [0.5, 0.6) is 5.75 Å². The highest BCUT2D eigenvalue weighted by Gasteiger charge is 2.44. The van der Waals surface area contributed by atoms with Crippen LogP contribution >= 0.6 is 0 Å². The van der Waals surface area contributed by atoms with Crippen LogP contribution in [0, 0.1) is 11.8 Å². The molecule has 0 saturated carbocycles. The minimum absolute atomic E-state index is 0.142. The van der Waals surface area contributed by atoms with E-state index in [-0.39, 0.29) is 6.61 Å². The summed E-state index contributed by atoms with van der Waals surface area (Å²) in [5.74, 6) is -1.76. The number of rotatable bonds is 4. The maximum Gasteiger partial charge on any atom is 0.321 e. The number of carbonyl (C=O) groups excluding carboxylic acids is 2. The van der Waals surface area contributed by atoms with E-state index >= 15 is 0 Å². The summed E-state index contributed by atoms with van der Waals surface area (Å²) in [6.45, 7) is 4.13. The Bertz CT molecular complexity index is 532. The smallest absolute Gasteiger partial charge is 0.321 e. The van der Waals surface area contributed by atoms with Gasteiger partial charge in [-0.25, -0.2) is 0 Å². The van der Waals surface area contributed by atoms with Gasteiger partial charge in [-0.2, -0.15) is 0 Å². The van der Waals surface area contributed by atoms with Gasteiger partial charge in [0.2, 0.25) is 0 Å². The summed E-state index contributed by atoms with van der Waals surface area (Å²) in [5, 5.41) is 0. The highest BCUT2D eigenvalue weighted by Crippen LogP contribution is 2.34. The van der Waals surface area contributed by atoms with Crippen LogP contribution in [0.3, 0.4) is 0 Å². The fourth-order valence-electron chi connectivity index (χ4n) is 2.23. The molecule has 0 bridgehead atoms. The molecule has 2 atom stereocenters. The average molecular weight is 276 g/mol. The van der Waals surface area contributed by atoms with Crippen LogP contribution in [-0.4, -0.2) is 32.8 Å². The van der Waals surface area contributed by atoms with Crippen LogP contribution in [0.15, 0.2) is 30.8 Å². The molecule has 0 amide bonds. The van der Waals surface area contributed by atoms with Crippen molar-refractivity contribution >= 4 is 17.5 Å². The molecule has 5 heteroatoms. The summed E-state index contributed by atoms with van der Waals surface area (Å²) in [5.41, 5.74) is 1.51. The lowest BCUT2D eigenvalue weighted by atomic mass is 9.85. The number of cyclic esters (lactones) is 1. The van der Waals surface area contributed by atoms with Gasteiger partial charge < -0.3 is 14.2 Å². The van der Waals surface area contributed by atoms with Crippen molar-refractivity contribution in [1.29, 1.82) is 0 Å². The Morgan fingerprint density at radius 3 is 2.50 bits per heavy atom. The normalized spacial score (nSPS) is 21.2. The van der Waals surface area contributed by atoms with Crippen molar-refractivity contribution in [2.45, 2.75) is 0 Å². The lowest BCUT2D eigenvalue weighted by Gasteiger charge is -2.16. The Labute approximate surface area is 117 Å². The molecule has 1 aromatic rings. The Kier molecular flexibility index (Phi) is 4.08. The zero-order valence-electron chi connectivity index (χ0n) is 11.4. The highest BCUT2D eigenvalue weighted by molar-refractivity contribution is 5.98. The van der Waals surface area contributed by atoms with Gasteiger partial charge >= 0.3 is 11.9 Å². The fourth-order valence-corrected chi connectivity index (χ4v) is 2.23. The van der Waals surface area contributed by atoms with Gasteiger partial charge in [0.25, 0.3) is 0 Å². The van der Waals surface area contributed by atoms with Gasteiger partial charge in [-0.05, 0) is 23.3 Å². The number of ether oxygens (including phenoxy) is 3. The molecule has 1 saturated heterocycles. The van der Waals surface area contributed by atoms with Gasteiger partial charge in [-0.3, -0.25) is 9.59 Å². The van der Waals surface area contributed by atoms with Crippen LogP contribution in [0.1, 0.15) is 5.56 Å². The molecule has 2 rings (SSSR count). The topological polar surface area (TPSA) is 61.8 Å². The molecule has 0 aliphatic carbocycles. The highest BCUT2D eigenvalue weighted by atomic mass is 16.6. The summed E-state index contributed by atoms with van der Waals surface area (Å²) < 4.78 is 14.7. The van der Waals surface area contributed by atoms with Gasteiger partial charge in [-0.1, -0.05) is 18.7 Å². The number of methoxy groups -OCH3 is 2. The van der Waals surface area contributed by atoms with Crippen molar-refractivity contribution in [2.75, 3.05) is 20.8 Å². The first-order valence-electron chi connectivity index (χ1n) is 6.16. The predicted molar refractivity (Wildman–Crippen MR) is 72.0 cm³/mol. The number of hydrogen-bond acceptors (Lipinski definition) is 5. The van der Waals surface area contributed by atoms with E-state index in [1.165, 1.54) is 7.11 Å². The van der Waals surface area contributed by atoms with E-state index in [1.807, 2.05) is 12.1 Å². The summed E-state index contributed by atoms with van der Waals surface area (Å²) in [7, 11) is 2.84. The second-order valence-electron chi connectivity index (χ2n) is 4.49. The Hall–Kier alpha value is -2.30. The Morgan fingerprint density at radius 2 is 1.95 bits per heavy atom. The van der Waals surface area contributed by atoms with E-state index in [9.17, 15) is 9.59 Å². The van der Waals surface area contributed by atoms with Crippen LogP contribution in [0.4, 0.5) is 0 Å². The number of esters is 2. The number of carbonyl (C=O) groups is 2. The molecule has 1 heterocycles. The Balaban J connectivity index is 2.22. The largest absolute Gasteiger partial charge is 0.497 e. The van der Waals surface area contributed by atoms with E-state index in [1.54, 1.807) is 19.2 Å². The average Bonchev–Trinajstić information content (AvgIpc) is 2.87. The number of benzene rings is 1. The monoisotopic (exact) mass is 276 g/mol. The van der Waals surface area contributed by atoms with E-state index in [4.69, 9.17) is 9.47 Å². The van der Waals surface area contributed by atoms with Crippen molar-refractivity contribution in [3.63, 3.8) is 0 Å². The lowest BCUT2D eigenvalue weighted by molar-refractivity contribution is -0.154. The molecule has 0 aromatic heterocycles. The molecule has 106 valence electrons. The van der Waals surface area contributed by atoms with Crippen molar-refractivity contribution in [1.82, 2.24) is 0 Å². The summed E-state index contributed by atoms with van der Waals surface area (Å²) in [6.07, 6.45) is 0. The minimum Gasteiger partial charge on any atom is -0.497 e. The molecule has 1 aliphatic rings. The second kappa shape index (κ2) is 5.77. The van der Waals surface area contributed by atoms with E-state index in [2.05, 4.69) is 11.3 Å². The first kappa shape index (κ1) is 14.1. The van der Waals surface area contributed by atoms with Gasteiger partial charge in [0, 0.05) is 5.92 Å². The summed E-state index contributed by atoms with van der Waals surface area (Å²) >= 11 is 0. The molecule has 0 N–H and O–H groups in total. The summed E-state index contributed by atoms with van der Waals surface area (Å²) in [6, 6.07) is 7.26. The first-order valence-corrected chi connectivity index (χ1v) is 6.16. The molecule has 0 unspecified atom stereocenters. The minimum atomic E-state index is -0.936. The summed E-state index contributed by atoms with van der Waals surface area (Å²) in [4.78, 5) is 23.3. The van der Waals surface area contributed by atoms with Gasteiger partial charge in [0.15, 0.2) is 5.92 Å². The lowest BCUT2D eigenvalue weighted by Crippen LogP contribution is -2.27. The SMILES string of the molecule is C=C(c1ccc(OC)cc1)[C@H]1COC(=O)[C@@H]1C(=O)OC. The fraction of sp³-hybridized carbons (Fsp3) is 0.333. The van der Waals surface area contributed by atoms with Crippen LogP contribution in [-0.2, 0) is 19.1 Å². The predicted octanol–water partition coefficient (Wildman–Crippen LogP) is 1.67. The standard InChI is InChI=1S/C15H16O5/c1-9(10-4-6-11(18-2)7-5-10)12-8-20-15(17)13(12)14(16)19-3/h4-7,12-13H,1,8H2,2-3H3/t12-,13+/m1/s1. The van der Waals surface area contributed by atoms with E-state index < -0.39 is 23.8 Å². The zero-order valence-corrected chi connectivity index (χ0v) is 11.4. The molecule has 20 heavy (non-hydrogen) atoms. The van der Waals surface area contributed by atoms with Crippen LogP contribution in [0.25, 0.3) is 5.57 Å². The van der Waals surface area contributed by atoms with Crippen LogP contribution < -0.4 is 4.74 Å². The maximum atomic E-state index is 11.7. The van der Waals surface area contributed by atoms with Gasteiger partial charge in [0.05, 0.1) is 20.8 Å². The van der Waals surface area contributed by atoms with Crippen molar-refractivity contribution < 1.29 is 23.8 Å². The molecule has 0 radical (unpaired) electrons. The molecule has 5 nitrogen and oxygen atoms in total. The van der Waals surface area contributed by atoms with Crippen molar-refractivity contribution in [3.05, 3.63) is 36.4 Å². The molecule has 1 fully saturated rings. The molecule has 1 aliphatic heterocycles. The van der Waals surface area contributed by atoms with Gasteiger partial charge in [-0.15, -0.1) is 0 Å². The molecule has 1 aromatic carbocycles. The quantitative estimate of drug-likeness (QED) is 0.618. The third kappa shape index (κ3) is 2.52. The third-order valence-electron chi connectivity index (χ3n) is 3.42.